The first kappa shape index (κ1) is 17.6. The lowest BCUT2D eigenvalue weighted by molar-refractivity contribution is 0.129. The number of carbonyl (C=O) groups is 1. The molecule has 0 saturated carbocycles. The molecule has 1 unspecified atom stereocenters. The highest BCUT2D eigenvalue weighted by atomic mass is 35.5. The van der Waals surface area contributed by atoms with E-state index in [0.29, 0.717) is 29.4 Å². The third-order valence-electron chi connectivity index (χ3n) is 3.00. The summed E-state index contributed by atoms with van der Waals surface area (Å²) in [5, 5.41) is 15.3. The van der Waals surface area contributed by atoms with Crippen LogP contribution >= 0.6 is 11.6 Å². The van der Waals surface area contributed by atoms with Gasteiger partial charge in [-0.15, -0.1) is 0 Å². The van der Waals surface area contributed by atoms with Crippen LogP contribution in [0, 0.1) is 5.41 Å². The summed E-state index contributed by atoms with van der Waals surface area (Å²) < 4.78 is 5.05. The third-order valence-corrected chi connectivity index (χ3v) is 3.31. The van der Waals surface area contributed by atoms with Crippen LogP contribution < -0.4 is 15.4 Å². The van der Waals surface area contributed by atoms with Gasteiger partial charge in [0.2, 0.25) is 0 Å². The van der Waals surface area contributed by atoms with Crippen LogP contribution in [0.2, 0.25) is 5.02 Å². The lowest BCUT2D eigenvalue weighted by Crippen LogP contribution is -2.38. The second-order valence-corrected chi connectivity index (χ2v) is 6.28. The van der Waals surface area contributed by atoms with Crippen LogP contribution in [0.25, 0.3) is 0 Å². The lowest BCUT2D eigenvalue weighted by atomic mass is 9.87. The smallest absolute Gasteiger partial charge is 0.319 e. The minimum atomic E-state index is -0.402. The molecule has 0 aromatic heterocycles. The van der Waals surface area contributed by atoms with Gasteiger partial charge >= 0.3 is 6.03 Å². The van der Waals surface area contributed by atoms with Gasteiger partial charge in [0, 0.05) is 12.6 Å². The average molecular weight is 315 g/mol. The summed E-state index contributed by atoms with van der Waals surface area (Å²) in [6.07, 6.45) is 0.206. The van der Waals surface area contributed by atoms with Crippen LogP contribution in [0.15, 0.2) is 18.2 Å². The van der Waals surface area contributed by atoms with Crippen LogP contribution in [0.1, 0.15) is 27.2 Å². The number of ether oxygens (including phenoxy) is 1. The Morgan fingerprint density at radius 1 is 1.48 bits per heavy atom. The molecule has 0 spiro atoms. The Kier molecular flexibility index (Phi) is 6.30. The van der Waals surface area contributed by atoms with E-state index in [-0.39, 0.29) is 11.4 Å². The van der Waals surface area contributed by atoms with Gasteiger partial charge in [-0.1, -0.05) is 25.4 Å². The molecule has 0 bridgehead atoms. The highest BCUT2D eigenvalue weighted by Crippen LogP contribution is 2.26. The second-order valence-electron chi connectivity index (χ2n) is 5.87. The van der Waals surface area contributed by atoms with E-state index in [0.717, 1.165) is 0 Å². The molecule has 0 saturated heterocycles. The summed E-state index contributed by atoms with van der Waals surface area (Å²) >= 11 is 6.06. The molecule has 6 heteroatoms. The number of rotatable bonds is 6. The molecule has 0 radical (unpaired) electrons. The molecule has 5 nitrogen and oxygen atoms in total. The van der Waals surface area contributed by atoms with E-state index >= 15 is 0 Å². The molecular formula is C15H23ClN2O3. The van der Waals surface area contributed by atoms with Gasteiger partial charge in [-0.2, -0.15) is 0 Å². The predicted octanol–water partition coefficient (Wildman–Crippen LogP) is 3.27. The summed E-state index contributed by atoms with van der Waals surface area (Å²) in [6, 6.07) is 4.70. The molecule has 0 aliphatic carbocycles. The van der Waals surface area contributed by atoms with Gasteiger partial charge < -0.3 is 20.5 Å². The van der Waals surface area contributed by atoms with Crippen molar-refractivity contribution in [2.24, 2.45) is 5.41 Å². The number of nitrogens with one attached hydrogen (secondary N) is 2. The van der Waals surface area contributed by atoms with E-state index in [1.807, 2.05) is 13.8 Å². The van der Waals surface area contributed by atoms with Crippen molar-refractivity contribution in [1.29, 1.82) is 0 Å². The van der Waals surface area contributed by atoms with Crippen LogP contribution in [-0.4, -0.2) is 30.9 Å². The van der Waals surface area contributed by atoms with Crippen LogP contribution in [0.4, 0.5) is 10.5 Å². The molecule has 1 aromatic rings. The molecule has 21 heavy (non-hydrogen) atoms. The Morgan fingerprint density at radius 2 is 2.14 bits per heavy atom. The van der Waals surface area contributed by atoms with Crippen molar-refractivity contribution in [2.75, 3.05) is 19.0 Å². The Balaban J connectivity index is 2.54. The lowest BCUT2D eigenvalue weighted by Gasteiger charge is -2.26. The van der Waals surface area contributed by atoms with E-state index in [2.05, 4.69) is 10.6 Å². The topological polar surface area (TPSA) is 70.6 Å². The second kappa shape index (κ2) is 7.52. The van der Waals surface area contributed by atoms with E-state index in [9.17, 15) is 9.90 Å². The van der Waals surface area contributed by atoms with Crippen molar-refractivity contribution in [1.82, 2.24) is 5.32 Å². The fourth-order valence-electron chi connectivity index (χ4n) is 2.08. The molecule has 1 rings (SSSR count). The molecule has 2 amide bonds. The fraction of sp³-hybridized carbons (Fsp3) is 0.533. The van der Waals surface area contributed by atoms with Crippen LogP contribution in [-0.2, 0) is 0 Å². The largest absolute Gasteiger partial charge is 0.497 e. The number of carbonyl (C=O) groups excluding carboxylic acids is 1. The number of hydrogen-bond donors (Lipinski definition) is 3. The number of aliphatic hydroxyl groups excluding tert-OH is 1. The SMILES string of the molecule is COc1ccc(NC(=O)NCC(C)(C)CC(C)O)c(Cl)c1. The summed E-state index contributed by atoms with van der Waals surface area (Å²) in [4.78, 5) is 11.9. The van der Waals surface area contributed by atoms with Gasteiger partial charge in [0.25, 0.3) is 0 Å². The summed E-state index contributed by atoms with van der Waals surface area (Å²) in [5.41, 5.74) is 0.332. The quantitative estimate of drug-likeness (QED) is 0.754. The number of anilines is 1. The molecule has 118 valence electrons. The van der Waals surface area contributed by atoms with Gasteiger partial charge in [-0.05, 0) is 30.9 Å². The standard InChI is InChI=1S/C15H23ClN2O3/c1-10(19)8-15(2,3)9-17-14(20)18-13-6-5-11(21-4)7-12(13)16/h5-7,10,19H,8-9H2,1-4H3,(H2,17,18,20). The Bertz CT molecular complexity index is 490. The fourth-order valence-corrected chi connectivity index (χ4v) is 2.30. The maximum Gasteiger partial charge on any atom is 0.319 e. The maximum atomic E-state index is 11.9. The van der Waals surface area contributed by atoms with Crippen molar-refractivity contribution in [2.45, 2.75) is 33.3 Å². The van der Waals surface area contributed by atoms with Crippen molar-refractivity contribution >= 4 is 23.3 Å². The van der Waals surface area contributed by atoms with Crippen LogP contribution in [0.5, 0.6) is 5.75 Å². The summed E-state index contributed by atoms with van der Waals surface area (Å²) in [6.45, 7) is 6.16. The highest BCUT2D eigenvalue weighted by molar-refractivity contribution is 6.33. The van der Waals surface area contributed by atoms with Crippen molar-refractivity contribution < 1.29 is 14.6 Å². The first-order valence-electron chi connectivity index (χ1n) is 6.80. The van der Waals surface area contributed by atoms with Gasteiger partial charge in [-0.3, -0.25) is 0 Å². The number of amides is 2. The molecule has 0 aliphatic rings. The Labute approximate surface area is 130 Å². The number of methoxy groups -OCH3 is 1. The average Bonchev–Trinajstić information content (AvgIpc) is 2.37. The normalized spacial score (nSPS) is 12.7. The maximum absolute atomic E-state index is 11.9. The first-order chi connectivity index (χ1) is 9.73. The van der Waals surface area contributed by atoms with Gasteiger partial charge in [0.1, 0.15) is 5.75 Å². The highest BCUT2D eigenvalue weighted by Gasteiger charge is 2.21. The zero-order chi connectivity index (χ0) is 16.0. The minimum absolute atomic E-state index is 0.185. The molecule has 0 heterocycles. The van der Waals surface area contributed by atoms with Gasteiger partial charge in [0.15, 0.2) is 0 Å². The number of aliphatic hydroxyl groups is 1. The number of hydrogen-bond acceptors (Lipinski definition) is 3. The van der Waals surface area contributed by atoms with E-state index in [4.69, 9.17) is 16.3 Å². The Hall–Kier alpha value is -1.46. The third kappa shape index (κ3) is 6.23. The number of halogens is 1. The monoisotopic (exact) mass is 314 g/mol. The van der Waals surface area contributed by atoms with Crippen LogP contribution in [0.3, 0.4) is 0 Å². The van der Waals surface area contributed by atoms with E-state index < -0.39 is 6.10 Å². The molecule has 0 fully saturated rings. The molecule has 1 atom stereocenters. The van der Waals surface area contributed by atoms with Gasteiger partial charge in [-0.25, -0.2) is 4.79 Å². The van der Waals surface area contributed by atoms with E-state index in [1.54, 1.807) is 32.2 Å². The minimum Gasteiger partial charge on any atom is -0.497 e. The van der Waals surface area contributed by atoms with E-state index in [1.165, 1.54) is 0 Å². The molecule has 3 N–H and O–H groups in total. The molecular weight excluding hydrogens is 292 g/mol. The van der Waals surface area contributed by atoms with Crippen molar-refractivity contribution in [3.05, 3.63) is 23.2 Å². The number of benzene rings is 1. The molecule has 0 aliphatic heterocycles. The Morgan fingerprint density at radius 3 is 2.67 bits per heavy atom. The summed E-state index contributed by atoms with van der Waals surface area (Å²) in [7, 11) is 1.55. The first-order valence-corrected chi connectivity index (χ1v) is 7.18. The summed E-state index contributed by atoms with van der Waals surface area (Å²) in [5.74, 6) is 0.629. The molecule has 1 aromatic carbocycles. The van der Waals surface area contributed by atoms with Crippen molar-refractivity contribution in [3.8, 4) is 5.75 Å². The van der Waals surface area contributed by atoms with Crippen molar-refractivity contribution in [3.63, 3.8) is 0 Å². The predicted molar refractivity (Wildman–Crippen MR) is 85.1 cm³/mol. The van der Waals surface area contributed by atoms with Gasteiger partial charge in [0.05, 0.1) is 23.9 Å². The number of urea groups is 1. The zero-order valence-corrected chi connectivity index (χ0v) is 13.6. The zero-order valence-electron chi connectivity index (χ0n) is 12.9.